The van der Waals surface area contributed by atoms with Gasteiger partial charge in [0.2, 0.25) is 5.91 Å². The SMILES string of the molecule is COc1c(OCC2CC2(F)F)ccc2c1CCN(Cc1ccc(CNC(=O)C3CC3)cc1)C2. The van der Waals surface area contributed by atoms with Gasteiger partial charge in [0.05, 0.1) is 19.6 Å². The number of halogens is 2. The van der Waals surface area contributed by atoms with Gasteiger partial charge in [-0.05, 0) is 42.0 Å². The lowest BCUT2D eigenvalue weighted by Crippen LogP contribution is -2.30. The summed E-state index contributed by atoms with van der Waals surface area (Å²) in [7, 11) is 1.61. The molecule has 33 heavy (non-hydrogen) atoms. The quantitative estimate of drug-likeness (QED) is 0.611. The predicted molar refractivity (Wildman–Crippen MR) is 120 cm³/mol. The summed E-state index contributed by atoms with van der Waals surface area (Å²) in [6.07, 6.45) is 2.76. The lowest BCUT2D eigenvalue weighted by Gasteiger charge is -2.30. The van der Waals surface area contributed by atoms with Crippen molar-refractivity contribution >= 4 is 5.91 Å². The van der Waals surface area contributed by atoms with E-state index in [2.05, 4.69) is 34.5 Å². The lowest BCUT2D eigenvalue weighted by molar-refractivity contribution is -0.122. The van der Waals surface area contributed by atoms with E-state index in [1.165, 1.54) is 11.1 Å². The van der Waals surface area contributed by atoms with Crippen LogP contribution in [0.4, 0.5) is 8.78 Å². The Labute approximate surface area is 193 Å². The van der Waals surface area contributed by atoms with E-state index < -0.39 is 11.8 Å². The summed E-state index contributed by atoms with van der Waals surface area (Å²) < 4.78 is 37.6. The number of hydrogen-bond acceptors (Lipinski definition) is 4. The maximum absolute atomic E-state index is 13.2. The molecule has 2 aromatic carbocycles. The average Bonchev–Trinajstić information content (AvgIpc) is 3.74. The smallest absolute Gasteiger partial charge is 0.255 e. The molecule has 1 atom stereocenters. The average molecular weight is 457 g/mol. The third-order valence-corrected chi connectivity index (χ3v) is 6.84. The Bertz CT molecular complexity index is 1020. The number of alkyl halides is 2. The normalized spacial score (nSPS) is 21.2. The second-order valence-electron chi connectivity index (χ2n) is 9.48. The van der Waals surface area contributed by atoms with Gasteiger partial charge in [-0.3, -0.25) is 9.69 Å². The van der Waals surface area contributed by atoms with Crippen LogP contribution in [0, 0.1) is 11.8 Å². The number of benzene rings is 2. The fraction of sp³-hybridized carbons (Fsp3) is 0.500. The summed E-state index contributed by atoms with van der Waals surface area (Å²) in [6.45, 7) is 3.12. The fourth-order valence-corrected chi connectivity index (χ4v) is 4.47. The van der Waals surface area contributed by atoms with Crippen molar-refractivity contribution in [2.45, 2.75) is 51.2 Å². The topological polar surface area (TPSA) is 50.8 Å². The molecule has 0 saturated heterocycles. The second-order valence-corrected chi connectivity index (χ2v) is 9.48. The number of methoxy groups -OCH3 is 1. The van der Waals surface area contributed by atoms with E-state index in [-0.39, 0.29) is 24.9 Å². The van der Waals surface area contributed by atoms with Gasteiger partial charge in [-0.1, -0.05) is 30.3 Å². The molecule has 5 nitrogen and oxygen atoms in total. The standard InChI is InChI=1S/C26H30F2N2O3/c1-32-24-22-10-11-30(15-20(22)8-9-23(24)33-16-21-12-26(21,27)28)14-18-4-2-17(3-5-18)13-29-25(31)19-6-7-19/h2-5,8-9,19,21H,6-7,10-16H2,1H3,(H,29,31). The molecule has 0 radical (unpaired) electrons. The third-order valence-electron chi connectivity index (χ3n) is 6.84. The number of rotatable bonds is 9. The largest absolute Gasteiger partial charge is 0.493 e. The monoisotopic (exact) mass is 456 g/mol. The van der Waals surface area contributed by atoms with Crippen LogP contribution in [-0.4, -0.2) is 37.0 Å². The first-order valence-electron chi connectivity index (χ1n) is 11.7. The number of ether oxygens (including phenoxy) is 2. The molecule has 3 aliphatic rings. The third kappa shape index (κ3) is 5.13. The molecular formula is C26H30F2N2O3. The maximum Gasteiger partial charge on any atom is 0.255 e. The van der Waals surface area contributed by atoms with Crippen LogP contribution in [0.2, 0.25) is 0 Å². The molecule has 7 heteroatoms. The summed E-state index contributed by atoms with van der Waals surface area (Å²) in [4.78, 5) is 14.2. The van der Waals surface area contributed by atoms with Crippen LogP contribution in [0.1, 0.15) is 41.5 Å². The summed E-state index contributed by atoms with van der Waals surface area (Å²) in [5, 5.41) is 3.00. The number of carbonyl (C=O) groups is 1. The van der Waals surface area contributed by atoms with Crippen LogP contribution in [0.25, 0.3) is 0 Å². The molecule has 1 heterocycles. The highest BCUT2D eigenvalue weighted by atomic mass is 19.3. The molecule has 5 rings (SSSR count). The van der Waals surface area contributed by atoms with Crippen LogP contribution in [-0.2, 0) is 30.8 Å². The van der Waals surface area contributed by atoms with Crippen molar-refractivity contribution < 1.29 is 23.0 Å². The zero-order chi connectivity index (χ0) is 23.0. The number of nitrogens with zero attached hydrogens (tertiary/aromatic N) is 1. The van der Waals surface area contributed by atoms with E-state index >= 15 is 0 Å². The molecular weight excluding hydrogens is 426 g/mol. The Balaban J connectivity index is 1.17. The first-order chi connectivity index (χ1) is 15.9. The minimum Gasteiger partial charge on any atom is -0.493 e. The molecule has 0 aromatic heterocycles. The number of hydrogen-bond donors (Lipinski definition) is 1. The molecule has 2 fully saturated rings. The molecule has 0 spiro atoms. The summed E-state index contributed by atoms with van der Waals surface area (Å²) in [5.74, 6) is -1.64. The van der Waals surface area contributed by atoms with Gasteiger partial charge in [-0.15, -0.1) is 0 Å². The highest BCUT2D eigenvalue weighted by molar-refractivity contribution is 5.80. The van der Waals surface area contributed by atoms with Crippen LogP contribution < -0.4 is 14.8 Å². The summed E-state index contributed by atoms with van der Waals surface area (Å²) in [5.41, 5.74) is 4.63. The first-order valence-corrected chi connectivity index (χ1v) is 11.7. The van der Waals surface area contributed by atoms with Crippen molar-refractivity contribution in [3.8, 4) is 11.5 Å². The van der Waals surface area contributed by atoms with Gasteiger partial charge < -0.3 is 14.8 Å². The van der Waals surface area contributed by atoms with E-state index in [9.17, 15) is 13.6 Å². The van der Waals surface area contributed by atoms with Gasteiger partial charge in [0, 0.05) is 44.1 Å². The Kier molecular flexibility index (Phi) is 5.99. The molecule has 2 saturated carbocycles. The highest BCUT2D eigenvalue weighted by Gasteiger charge is 2.57. The fourth-order valence-electron chi connectivity index (χ4n) is 4.47. The van der Waals surface area contributed by atoms with Crippen LogP contribution in [0.5, 0.6) is 11.5 Å². The van der Waals surface area contributed by atoms with Crippen molar-refractivity contribution in [1.29, 1.82) is 0 Å². The van der Waals surface area contributed by atoms with Crippen LogP contribution in [0.15, 0.2) is 36.4 Å². The molecule has 1 unspecified atom stereocenters. The molecule has 2 aliphatic carbocycles. The Hall–Kier alpha value is -2.67. The van der Waals surface area contributed by atoms with Crippen LogP contribution in [0.3, 0.4) is 0 Å². The van der Waals surface area contributed by atoms with Gasteiger partial charge in [0.25, 0.3) is 5.92 Å². The number of fused-ring (bicyclic) bond motifs is 1. The predicted octanol–water partition coefficient (Wildman–Crippen LogP) is 4.31. The van der Waals surface area contributed by atoms with E-state index in [0.717, 1.165) is 50.0 Å². The van der Waals surface area contributed by atoms with E-state index in [0.29, 0.717) is 18.0 Å². The molecule has 1 N–H and O–H groups in total. The van der Waals surface area contributed by atoms with Gasteiger partial charge in [0.1, 0.15) is 0 Å². The summed E-state index contributed by atoms with van der Waals surface area (Å²) >= 11 is 0. The van der Waals surface area contributed by atoms with E-state index in [4.69, 9.17) is 9.47 Å². The number of carbonyl (C=O) groups excluding carboxylic acids is 1. The van der Waals surface area contributed by atoms with Crippen molar-refractivity contribution in [3.63, 3.8) is 0 Å². The maximum atomic E-state index is 13.2. The molecule has 1 aliphatic heterocycles. The van der Waals surface area contributed by atoms with Gasteiger partial charge in [0.15, 0.2) is 11.5 Å². The zero-order valence-corrected chi connectivity index (χ0v) is 18.9. The minimum absolute atomic E-state index is 0.0223. The van der Waals surface area contributed by atoms with Crippen molar-refractivity contribution in [2.24, 2.45) is 11.8 Å². The Morgan fingerprint density at radius 3 is 2.55 bits per heavy atom. The lowest BCUT2D eigenvalue weighted by atomic mass is 9.97. The molecule has 176 valence electrons. The van der Waals surface area contributed by atoms with E-state index in [1.807, 2.05) is 12.1 Å². The van der Waals surface area contributed by atoms with Gasteiger partial charge >= 0.3 is 0 Å². The van der Waals surface area contributed by atoms with Gasteiger partial charge in [-0.25, -0.2) is 8.78 Å². The summed E-state index contributed by atoms with van der Waals surface area (Å²) in [6, 6.07) is 12.3. The van der Waals surface area contributed by atoms with Gasteiger partial charge in [-0.2, -0.15) is 0 Å². The molecule has 1 amide bonds. The highest BCUT2D eigenvalue weighted by Crippen LogP contribution is 2.49. The first kappa shape index (κ1) is 22.1. The molecule has 2 aromatic rings. The van der Waals surface area contributed by atoms with Crippen LogP contribution >= 0.6 is 0 Å². The van der Waals surface area contributed by atoms with E-state index in [1.54, 1.807) is 7.11 Å². The zero-order valence-electron chi connectivity index (χ0n) is 18.9. The van der Waals surface area contributed by atoms with Crippen molar-refractivity contribution in [2.75, 3.05) is 20.3 Å². The Morgan fingerprint density at radius 2 is 1.88 bits per heavy atom. The Morgan fingerprint density at radius 1 is 1.15 bits per heavy atom. The number of amides is 1. The van der Waals surface area contributed by atoms with Crippen molar-refractivity contribution in [1.82, 2.24) is 10.2 Å². The second kappa shape index (κ2) is 8.93. The van der Waals surface area contributed by atoms with Crippen molar-refractivity contribution in [3.05, 3.63) is 58.7 Å². The molecule has 0 bridgehead atoms. The minimum atomic E-state index is -2.58. The number of nitrogens with one attached hydrogen (secondary N) is 1.